The van der Waals surface area contributed by atoms with Crippen molar-refractivity contribution in [2.75, 3.05) is 52.4 Å². The fourth-order valence-corrected chi connectivity index (χ4v) is 6.95. The maximum Gasteiger partial charge on any atom is 0.135 e. The van der Waals surface area contributed by atoms with Gasteiger partial charge in [-0.05, 0) is 98.6 Å². The first-order chi connectivity index (χ1) is 16.0. The van der Waals surface area contributed by atoms with E-state index >= 15 is 0 Å². The molecule has 2 heterocycles. The number of carbonyl (C=O) groups excluding carboxylic acids is 1. The third-order valence-corrected chi connectivity index (χ3v) is 9.26. The summed E-state index contributed by atoms with van der Waals surface area (Å²) in [5, 5.41) is 0. The molecule has 2 aliphatic heterocycles. The van der Waals surface area contributed by atoms with E-state index in [1.807, 2.05) is 0 Å². The number of ketones is 1. The highest BCUT2D eigenvalue weighted by Gasteiger charge is 2.43. The van der Waals surface area contributed by atoms with Crippen LogP contribution in [-0.4, -0.2) is 90.1 Å². The molecule has 0 aromatic rings. The molecule has 206 valence electrons. The second kappa shape index (κ2) is 11.9. The third-order valence-electron chi connectivity index (χ3n) is 9.26. The Hall–Kier alpha value is -0.490. The van der Waals surface area contributed by atoms with Gasteiger partial charge in [-0.3, -0.25) is 19.5 Å². The van der Waals surface area contributed by atoms with Gasteiger partial charge in [-0.1, -0.05) is 27.7 Å². The van der Waals surface area contributed by atoms with Crippen molar-refractivity contribution < 1.29 is 9.53 Å². The zero-order chi connectivity index (χ0) is 26.7. The van der Waals surface area contributed by atoms with Gasteiger partial charge in [0.2, 0.25) is 0 Å². The standard InChI is InChI=1S/C30H59N3O2/c1-24(2)35-21-20-31-16-18-33(19-17-31)30(10,11)23-28(6,7)26-12-14-32(15-13-26)29(8,9)22-27(4,5)25(3)34/h24,26H,12-23H2,1-11H3. The number of carbonyl (C=O) groups is 1. The number of likely N-dealkylation sites (tertiary alicyclic amines) is 1. The van der Waals surface area contributed by atoms with Gasteiger partial charge in [-0.2, -0.15) is 0 Å². The Balaban J connectivity index is 1.87. The Bertz CT molecular complexity index is 667. The van der Waals surface area contributed by atoms with Gasteiger partial charge in [0.25, 0.3) is 0 Å². The van der Waals surface area contributed by atoms with Crippen molar-refractivity contribution in [2.45, 2.75) is 119 Å². The van der Waals surface area contributed by atoms with Gasteiger partial charge in [0.1, 0.15) is 5.78 Å². The summed E-state index contributed by atoms with van der Waals surface area (Å²) in [5.74, 6) is 1.05. The Morgan fingerprint density at radius 1 is 0.800 bits per heavy atom. The summed E-state index contributed by atoms with van der Waals surface area (Å²) in [6, 6.07) is 0. The molecule has 0 amide bonds. The zero-order valence-electron chi connectivity index (χ0n) is 25.3. The largest absolute Gasteiger partial charge is 0.377 e. The minimum absolute atomic E-state index is 0.0590. The topological polar surface area (TPSA) is 36.0 Å². The quantitative estimate of drug-likeness (QED) is 0.347. The van der Waals surface area contributed by atoms with Crippen molar-refractivity contribution >= 4 is 5.78 Å². The molecule has 5 heteroatoms. The normalized spacial score (nSPS) is 21.1. The minimum Gasteiger partial charge on any atom is -0.377 e. The van der Waals surface area contributed by atoms with Crippen LogP contribution in [0.4, 0.5) is 0 Å². The molecule has 0 aliphatic carbocycles. The number of hydrogen-bond donors (Lipinski definition) is 0. The van der Waals surface area contributed by atoms with Crippen molar-refractivity contribution in [3.05, 3.63) is 0 Å². The highest BCUT2D eigenvalue weighted by molar-refractivity contribution is 5.81. The van der Waals surface area contributed by atoms with E-state index in [0.29, 0.717) is 17.3 Å². The summed E-state index contributed by atoms with van der Waals surface area (Å²) in [5.41, 5.74) is 0.338. The highest BCUT2D eigenvalue weighted by atomic mass is 16.5. The lowest BCUT2D eigenvalue weighted by Crippen LogP contribution is -2.57. The summed E-state index contributed by atoms with van der Waals surface area (Å²) in [6.45, 7) is 33.6. The van der Waals surface area contributed by atoms with Crippen LogP contribution in [0.3, 0.4) is 0 Å². The second-order valence-electron chi connectivity index (χ2n) is 14.4. The van der Waals surface area contributed by atoms with Gasteiger partial charge >= 0.3 is 0 Å². The lowest BCUT2D eigenvalue weighted by Gasteiger charge is -2.51. The average molecular weight is 494 g/mol. The SMILES string of the molecule is CC(=O)C(C)(C)CC(C)(C)N1CCC(C(C)(C)CC(C)(C)N2CCN(CCOC(C)C)CC2)CC1. The molecule has 0 aromatic carbocycles. The molecule has 2 rings (SSSR count). The Kier molecular flexibility index (Phi) is 10.5. The molecule has 0 radical (unpaired) electrons. The second-order valence-corrected chi connectivity index (χ2v) is 14.4. The smallest absolute Gasteiger partial charge is 0.135 e. The summed E-state index contributed by atoms with van der Waals surface area (Å²) in [4.78, 5) is 20.1. The number of hydrogen-bond acceptors (Lipinski definition) is 5. The van der Waals surface area contributed by atoms with E-state index in [1.54, 1.807) is 6.92 Å². The predicted octanol–water partition coefficient (Wildman–Crippen LogP) is 5.72. The van der Waals surface area contributed by atoms with Crippen LogP contribution in [0, 0.1) is 16.7 Å². The van der Waals surface area contributed by atoms with E-state index < -0.39 is 0 Å². The maximum atomic E-state index is 12.1. The molecule has 2 saturated heterocycles. The van der Waals surface area contributed by atoms with Gasteiger partial charge in [0.15, 0.2) is 0 Å². The van der Waals surface area contributed by atoms with Gasteiger partial charge in [-0.25, -0.2) is 0 Å². The van der Waals surface area contributed by atoms with Crippen LogP contribution >= 0.6 is 0 Å². The molecule has 2 aliphatic rings. The molecule has 0 atom stereocenters. The van der Waals surface area contributed by atoms with Crippen LogP contribution in [0.25, 0.3) is 0 Å². The fourth-order valence-electron chi connectivity index (χ4n) is 6.95. The Labute approximate surface area is 218 Å². The third kappa shape index (κ3) is 8.79. The molecule has 2 fully saturated rings. The van der Waals surface area contributed by atoms with Gasteiger partial charge in [0, 0.05) is 49.2 Å². The number of nitrogens with zero attached hydrogens (tertiary/aromatic N) is 3. The van der Waals surface area contributed by atoms with E-state index in [-0.39, 0.29) is 16.5 Å². The van der Waals surface area contributed by atoms with Crippen molar-refractivity contribution in [1.29, 1.82) is 0 Å². The lowest BCUT2D eigenvalue weighted by molar-refractivity contribution is -0.127. The van der Waals surface area contributed by atoms with Gasteiger partial charge < -0.3 is 4.74 Å². The van der Waals surface area contributed by atoms with Crippen LogP contribution in [0.1, 0.15) is 102 Å². The summed E-state index contributed by atoms with van der Waals surface area (Å²) < 4.78 is 5.76. The average Bonchev–Trinajstić information content (AvgIpc) is 2.72. The fraction of sp³-hybridized carbons (Fsp3) is 0.967. The van der Waals surface area contributed by atoms with E-state index in [1.165, 1.54) is 19.3 Å². The zero-order valence-corrected chi connectivity index (χ0v) is 25.3. The number of piperazine rings is 1. The number of rotatable bonds is 12. The molecule has 5 nitrogen and oxygen atoms in total. The van der Waals surface area contributed by atoms with Gasteiger partial charge in [0.05, 0.1) is 12.7 Å². The van der Waals surface area contributed by atoms with Crippen LogP contribution < -0.4 is 0 Å². The van der Waals surface area contributed by atoms with E-state index in [2.05, 4.69) is 83.9 Å². The number of Topliss-reactive ketones (excluding diaryl/α,β-unsaturated/α-hetero) is 1. The maximum absolute atomic E-state index is 12.1. The van der Waals surface area contributed by atoms with E-state index in [0.717, 1.165) is 64.8 Å². The van der Waals surface area contributed by atoms with Crippen LogP contribution in [-0.2, 0) is 9.53 Å². The van der Waals surface area contributed by atoms with Crippen LogP contribution in [0.15, 0.2) is 0 Å². The molecular weight excluding hydrogens is 434 g/mol. The first-order valence-electron chi connectivity index (χ1n) is 14.3. The van der Waals surface area contributed by atoms with E-state index in [4.69, 9.17) is 4.74 Å². The molecule has 0 aromatic heterocycles. The van der Waals surface area contributed by atoms with Gasteiger partial charge in [-0.15, -0.1) is 0 Å². The minimum atomic E-state index is -0.255. The summed E-state index contributed by atoms with van der Waals surface area (Å²) in [7, 11) is 0. The van der Waals surface area contributed by atoms with Crippen molar-refractivity contribution in [3.63, 3.8) is 0 Å². The van der Waals surface area contributed by atoms with E-state index in [9.17, 15) is 4.79 Å². The monoisotopic (exact) mass is 493 g/mol. The molecule has 35 heavy (non-hydrogen) atoms. The molecular formula is C30H59N3O2. The summed E-state index contributed by atoms with van der Waals surface area (Å²) >= 11 is 0. The van der Waals surface area contributed by atoms with Crippen molar-refractivity contribution in [2.24, 2.45) is 16.7 Å². The molecule has 0 saturated carbocycles. The van der Waals surface area contributed by atoms with Crippen molar-refractivity contribution in [1.82, 2.24) is 14.7 Å². The molecule has 0 unspecified atom stereocenters. The molecule has 0 bridgehead atoms. The highest BCUT2D eigenvalue weighted by Crippen LogP contribution is 2.44. The van der Waals surface area contributed by atoms with Crippen LogP contribution in [0.5, 0.6) is 0 Å². The predicted molar refractivity (Wildman–Crippen MR) is 149 cm³/mol. The first-order valence-corrected chi connectivity index (χ1v) is 14.3. The molecule has 0 spiro atoms. The first kappa shape index (κ1) is 30.7. The molecule has 0 N–H and O–H groups in total. The number of ether oxygens (including phenoxy) is 1. The Morgan fingerprint density at radius 2 is 1.29 bits per heavy atom. The van der Waals surface area contributed by atoms with Crippen LogP contribution in [0.2, 0.25) is 0 Å². The lowest BCUT2D eigenvalue weighted by atomic mass is 9.67. The Morgan fingerprint density at radius 3 is 1.77 bits per heavy atom. The number of piperidine rings is 1. The van der Waals surface area contributed by atoms with Crippen molar-refractivity contribution in [3.8, 4) is 0 Å². The summed E-state index contributed by atoms with van der Waals surface area (Å²) in [6.07, 6.45) is 5.00.